The monoisotopic (exact) mass is 241 g/mol. The maximum Gasteiger partial charge on any atom is 0.0889 e. The van der Waals surface area contributed by atoms with Crippen LogP contribution in [0.4, 0.5) is 0 Å². The number of nitrogens with zero attached hydrogens (tertiary/aromatic N) is 1. The van der Waals surface area contributed by atoms with Gasteiger partial charge in [-0.25, -0.2) is 0 Å². The highest BCUT2D eigenvalue weighted by atomic mass is 32.2. The number of nitrogens with one attached hydrogen (secondary N) is 2. The lowest BCUT2D eigenvalue weighted by Crippen LogP contribution is -2.56. The van der Waals surface area contributed by atoms with Crippen molar-refractivity contribution in [3.8, 4) is 0 Å². The molecule has 0 radical (unpaired) electrons. The smallest absolute Gasteiger partial charge is 0.0889 e. The fourth-order valence-corrected chi connectivity index (χ4v) is 3.23. The second-order valence-electron chi connectivity index (χ2n) is 4.27. The molecule has 1 heterocycles. The Hall–Kier alpha value is -0.520. The molecule has 4 nitrogen and oxygen atoms in total. The summed E-state index contributed by atoms with van der Waals surface area (Å²) in [4.78, 5) is 0. The first kappa shape index (κ1) is 12.0. The molecular formula is C11H19N3OS. The van der Waals surface area contributed by atoms with Crippen molar-refractivity contribution in [3.63, 3.8) is 0 Å². The SMILES string of the molecule is CCSC1CCC1(O)CNCc1ccn[nH]1. The third-order valence-corrected chi connectivity index (χ3v) is 4.52. The number of rotatable bonds is 6. The van der Waals surface area contributed by atoms with E-state index in [2.05, 4.69) is 22.4 Å². The predicted molar refractivity (Wildman–Crippen MR) is 66.4 cm³/mol. The van der Waals surface area contributed by atoms with Gasteiger partial charge in [-0.1, -0.05) is 6.92 Å². The molecule has 1 aliphatic carbocycles. The second kappa shape index (κ2) is 5.21. The summed E-state index contributed by atoms with van der Waals surface area (Å²) >= 11 is 1.86. The summed E-state index contributed by atoms with van der Waals surface area (Å²) in [6.45, 7) is 3.55. The van der Waals surface area contributed by atoms with Gasteiger partial charge < -0.3 is 10.4 Å². The van der Waals surface area contributed by atoms with E-state index in [1.807, 2.05) is 17.8 Å². The molecule has 0 aliphatic heterocycles. The van der Waals surface area contributed by atoms with E-state index < -0.39 is 5.60 Å². The highest BCUT2D eigenvalue weighted by Gasteiger charge is 2.44. The summed E-state index contributed by atoms with van der Waals surface area (Å²) in [5.74, 6) is 1.08. The molecule has 0 saturated heterocycles. The molecule has 5 heteroatoms. The summed E-state index contributed by atoms with van der Waals surface area (Å²) < 4.78 is 0. The van der Waals surface area contributed by atoms with E-state index in [1.54, 1.807) is 6.20 Å². The zero-order valence-electron chi connectivity index (χ0n) is 9.57. The lowest BCUT2D eigenvalue weighted by atomic mass is 9.79. The molecule has 0 amide bonds. The van der Waals surface area contributed by atoms with E-state index in [4.69, 9.17) is 0 Å². The maximum atomic E-state index is 10.3. The molecule has 0 bridgehead atoms. The third kappa shape index (κ3) is 2.59. The van der Waals surface area contributed by atoms with Gasteiger partial charge in [-0.3, -0.25) is 5.10 Å². The molecule has 2 atom stereocenters. The van der Waals surface area contributed by atoms with Crippen molar-refractivity contribution in [2.24, 2.45) is 0 Å². The minimum atomic E-state index is -0.499. The van der Waals surface area contributed by atoms with Gasteiger partial charge in [-0.15, -0.1) is 0 Å². The summed E-state index contributed by atoms with van der Waals surface area (Å²) in [6.07, 6.45) is 3.80. The Labute approximate surface area is 100 Å². The van der Waals surface area contributed by atoms with Crippen molar-refractivity contribution in [1.29, 1.82) is 0 Å². The molecule has 90 valence electrons. The standard InChI is InChI=1S/C11H19N3OS/c1-2-16-10-3-5-11(10,15)8-12-7-9-4-6-13-14-9/h4,6,10,12,15H,2-3,5,7-8H2,1H3,(H,13,14). The van der Waals surface area contributed by atoms with Gasteiger partial charge in [0.25, 0.3) is 0 Å². The van der Waals surface area contributed by atoms with Crippen LogP contribution >= 0.6 is 11.8 Å². The number of aliphatic hydroxyl groups is 1. The maximum absolute atomic E-state index is 10.3. The van der Waals surface area contributed by atoms with Gasteiger partial charge in [0, 0.05) is 30.2 Å². The molecule has 16 heavy (non-hydrogen) atoms. The van der Waals surface area contributed by atoms with Crippen LogP contribution in [0.1, 0.15) is 25.5 Å². The Morgan fingerprint density at radius 1 is 1.75 bits per heavy atom. The molecule has 0 spiro atoms. The zero-order chi connectivity index (χ0) is 11.4. The predicted octanol–water partition coefficient (Wildman–Crippen LogP) is 1.15. The first-order valence-electron chi connectivity index (χ1n) is 5.77. The van der Waals surface area contributed by atoms with Gasteiger partial charge in [-0.2, -0.15) is 16.9 Å². The van der Waals surface area contributed by atoms with Crippen LogP contribution in [-0.4, -0.2) is 38.5 Å². The van der Waals surface area contributed by atoms with Crippen LogP contribution in [0.5, 0.6) is 0 Å². The molecule has 1 aromatic heterocycles. The molecule has 2 unspecified atom stereocenters. The van der Waals surface area contributed by atoms with Crippen LogP contribution in [0.25, 0.3) is 0 Å². The van der Waals surface area contributed by atoms with Crippen molar-refractivity contribution in [1.82, 2.24) is 15.5 Å². The van der Waals surface area contributed by atoms with Gasteiger partial charge in [0.2, 0.25) is 0 Å². The highest BCUT2D eigenvalue weighted by molar-refractivity contribution is 8.00. The summed E-state index contributed by atoms with van der Waals surface area (Å²) in [7, 11) is 0. The Kier molecular flexibility index (Phi) is 3.89. The summed E-state index contributed by atoms with van der Waals surface area (Å²) in [6, 6.07) is 1.94. The zero-order valence-corrected chi connectivity index (χ0v) is 10.4. The first-order chi connectivity index (χ1) is 7.74. The second-order valence-corrected chi connectivity index (χ2v) is 5.75. The number of hydrogen-bond acceptors (Lipinski definition) is 4. The number of aromatic amines is 1. The number of hydrogen-bond donors (Lipinski definition) is 3. The van der Waals surface area contributed by atoms with Crippen LogP contribution in [0.2, 0.25) is 0 Å². The van der Waals surface area contributed by atoms with Crippen molar-refractivity contribution in [2.75, 3.05) is 12.3 Å². The van der Waals surface area contributed by atoms with Crippen molar-refractivity contribution < 1.29 is 5.11 Å². The molecule has 1 aromatic rings. The molecule has 1 fully saturated rings. The Balaban J connectivity index is 1.73. The van der Waals surface area contributed by atoms with Crippen molar-refractivity contribution >= 4 is 11.8 Å². The summed E-state index contributed by atoms with van der Waals surface area (Å²) in [5, 5.41) is 20.8. The van der Waals surface area contributed by atoms with E-state index in [0.29, 0.717) is 11.8 Å². The first-order valence-corrected chi connectivity index (χ1v) is 6.82. The van der Waals surface area contributed by atoms with E-state index in [1.165, 1.54) is 0 Å². The average molecular weight is 241 g/mol. The van der Waals surface area contributed by atoms with Crippen LogP contribution in [0.3, 0.4) is 0 Å². The van der Waals surface area contributed by atoms with E-state index >= 15 is 0 Å². The average Bonchev–Trinajstić information content (AvgIpc) is 2.77. The molecule has 3 N–H and O–H groups in total. The van der Waals surface area contributed by atoms with Crippen molar-refractivity contribution in [2.45, 2.75) is 37.2 Å². The third-order valence-electron chi connectivity index (χ3n) is 3.11. The molecule has 1 aliphatic rings. The minimum Gasteiger partial charge on any atom is -0.387 e. The largest absolute Gasteiger partial charge is 0.387 e. The van der Waals surface area contributed by atoms with Gasteiger partial charge in [0.1, 0.15) is 0 Å². The lowest BCUT2D eigenvalue weighted by Gasteiger charge is -2.45. The lowest BCUT2D eigenvalue weighted by molar-refractivity contribution is -0.0235. The molecule has 2 rings (SSSR count). The summed E-state index contributed by atoms with van der Waals surface area (Å²) in [5.41, 5.74) is 0.559. The van der Waals surface area contributed by atoms with E-state index in [-0.39, 0.29) is 0 Å². The fourth-order valence-electron chi connectivity index (χ4n) is 2.03. The van der Waals surface area contributed by atoms with Gasteiger partial charge >= 0.3 is 0 Å². The normalized spacial score (nSPS) is 29.0. The van der Waals surface area contributed by atoms with E-state index in [9.17, 15) is 5.11 Å². The van der Waals surface area contributed by atoms with Gasteiger partial charge in [-0.05, 0) is 24.7 Å². The highest BCUT2D eigenvalue weighted by Crippen LogP contribution is 2.40. The molecular weight excluding hydrogens is 222 g/mol. The Bertz CT molecular complexity index is 317. The number of H-pyrrole nitrogens is 1. The van der Waals surface area contributed by atoms with Crippen LogP contribution in [0, 0.1) is 0 Å². The minimum absolute atomic E-state index is 0.409. The van der Waals surface area contributed by atoms with Crippen LogP contribution in [0.15, 0.2) is 12.3 Å². The quantitative estimate of drug-likeness (QED) is 0.699. The van der Waals surface area contributed by atoms with Gasteiger partial charge in [0.05, 0.1) is 5.60 Å². The fraction of sp³-hybridized carbons (Fsp3) is 0.727. The Morgan fingerprint density at radius 3 is 3.19 bits per heavy atom. The molecule has 0 aromatic carbocycles. The molecule has 1 saturated carbocycles. The number of aromatic nitrogens is 2. The van der Waals surface area contributed by atoms with Gasteiger partial charge in [0.15, 0.2) is 0 Å². The number of thioether (sulfide) groups is 1. The van der Waals surface area contributed by atoms with Crippen molar-refractivity contribution in [3.05, 3.63) is 18.0 Å². The van der Waals surface area contributed by atoms with Crippen LogP contribution in [-0.2, 0) is 6.54 Å². The topological polar surface area (TPSA) is 60.9 Å². The van der Waals surface area contributed by atoms with Crippen LogP contribution < -0.4 is 5.32 Å². The van der Waals surface area contributed by atoms with E-state index in [0.717, 1.165) is 30.8 Å². The Morgan fingerprint density at radius 2 is 2.62 bits per heavy atom.